The zero-order valence-electron chi connectivity index (χ0n) is 17.6. The van der Waals surface area contributed by atoms with Crippen LogP contribution in [0.25, 0.3) is 0 Å². The van der Waals surface area contributed by atoms with E-state index < -0.39 is 12.0 Å². The van der Waals surface area contributed by atoms with Crippen LogP contribution < -0.4 is 14.8 Å². The molecule has 0 bridgehead atoms. The van der Waals surface area contributed by atoms with Gasteiger partial charge in [0.25, 0.3) is 0 Å². The van der Waals surface area contributed by atoms with Crippen LogP contribution in [0.5, 0.6) is 11.5 Å². The Balaban J connectivity index is 1.91. The Labute approximate surface area is 176 Å². The topological polar surface area (TPSA) is 77.1 Å². The number of nitrogens with zero attached hydrogens (tertiary/aromatic N) is 1. The van der Waals surface area contributed by atoms with Crippen LogP contribution in [0.15, 0.2) is 59.8 Å². The number of carbonyl (C=O) groups is 2. The lowest BCUT2D eigenvalue weighted by Crippen LogP contribution is -2.46. The smallest absolute Gasteiger partial charge is 0.338 e. The summed E-state index contributed by atoms with van der Waals surface area (Å²) in [5, 5.41) is 2.86. The van der Waals surface area contributed by atoms with Crippen LogP contribution in [0.3, 0.4) is 0 Å². The summed E-state index contributed by atoms with van der Waals surface area (Å²) < 4.78 is 16.6. The van der Waals surface area contributed by atoms with Gasteiger partial charge in [0.05, 0.1) is 25.3 Å². The summed E-state index contributed by atoms with van der Waals surface area (Å²) in [4.78, 5) is 26.4. The van der Waals surface area contributed by atoms with Crippen molar-refractivity contribution in [2.75, 3.05) is 20.8 Å². The van der Waals surface area contributed by atoms with Crippen molar-refractivity contribution in [2.24, 2.45) is 0 Å². The van der Waals surface area contributed by atoms with Crippen molar-refractivity contribution in [3.05, 3.63) is 70.9 Å². The Hall–Kier alpha value is -3.48. The third-order valence-corrected chi connectivity index (χ3v) is 5.01. The van der Waals surface area contributed by atoms with Gasteiger partial charge in [0, 0.05) is 12.7 Å². The molecule has 2 aromatic rings. The summed E-state index contributed by atoms with van der Waals surface area (Å²) in [7, 11) is 3.16. The molecule has 0 spiro atoms. The lowest BCUT2D eigenvalue weighted by Gasteiger charge is -2.33. The van der Waals surface area contributed by atoms with Gasteiger partial charge in [0.1, 0.15) is 6.61 Å². The van der Waals surface area contributed by atoms with Gasteiger partial charge in [-0.2, -0.15) is 0 Å². The highest BCUT2D eigenvalue weighted by atomic mass is 16.5. The molecule has 0 aliphatic carbocycles. The predicted octanol–water partition coefficient (Wildman–Crippen LogP) is 3.81. The third kappa shape index (κ3) is 4.40. The highest BCUT2D eigenvalue weighted by molar-refractivity contribution is 5.95. The lowest BCUT2D eigenvalue weighted by molar-refractivity contribution is -0.139. The van der Waals surface area contributed by atoms with E-state index in [0.717, 1.165) is 5.56 Å². The maximum Gasteiger partial charge on any atom is 0.338 e. The van der Waals surface area contributed by atoms with E-state index in [-0.39, 0.29) is 12.6 Å². The fourth-order valence-corrected chi connectivity index (χ4v) is 3.28. The molecular weight excluding hydrogens is 384 g/mol. The molecule has 0 saturated heterocycles. The normalized spacial score (nSPS) is 16.2. The molecule has 7 nitrogen and oxygen atoms in total. The molecule has 0 aromatic heterocycles. The molecule has 1 aliphatic heterocycles. The van der Waals surface area contributed by atoms with Crippen molar-refractivity contribution in [1.29, 1.82) is 0 Å². The van der Waals surface area contributed by atoms with Crippen molar-refractivity contribution in [2.45, 2.75) is 26.5 Å². The molecule has 0 saturated carbocycles. The van der Waals surface area contributed by atoms with Crippen LogP contribution >= 0.6 is 0 Å². The minimum atomic E-state index is -0.648. The largest absolute Gasteiger partial charge is 0.493 e. The fraction of sp³-hybridized carbons (Fsp3) is 0.304. The highest BCUT2D eigenvalue weighted by Gasteiger charge is 2.35. The number of hydrogen-bond donors (Lipinski definition) is 1. The standard InChI is InChI=1S/C23H26N2O5/c1-5-29-22(26)20-15(2)25(3)23(27)24-21(20)17-11-12-18(19(13-17)28-4)30-14-16-9-7-6-8-10-16/h6-13,21H,5,14H2,1-4H3,(H,24,27). The SMILES string of the molecule is CCOC(=O)C1=C(C)N(C)C(=O)NC1c1ccc(OCc2ccccc2)c(OC)c1. The number of esters is 1. The zero-order valence-corrected chi connectivity index (χ0v) is 17.6. The third-order valence-electron chi connectivity index (χ3n) is 5.01. The van der Waals surface area contributed by atoms with Crippen molar-refractivity contribution >= 4 is 12.0 Å². The minimum absolute atomic E-state index is 0.246. The van der Waals surface area contributed by atoms with E-state index >= 15 is 0 Å². The summed E-state index contributed by atoms with van der Waals surface area (Å²) in [5.41, 5.74) is 2.67. The average molecular weight is 410 g/mol. The molecule has 1 aliphatic rings. The number of ether oxygens (including phenoxy) is 3. The van der Waals surface area contributed by atoms with Gasteiger partial charge in [-0.05, 0) is 37.1 Å². The molecule has 1 N–H and O–H groups in total. The fourth-order valence-electron chi connectivity index (χ4n) is 3.28. The van der Waals surface area contributed by atoms with E-state index in [0.29, 0.717) is 34.9 Å². The Kier molecular flexibility index (Phi) is 6.61. The second-order valence-electron chi connectivity index (χ2n) is 6.85. The maximum absolute atomic E-state index is 12.6. The molecule has 1 unspecified atom stereocenters. The molecule has 1 heterocycles. The molecule has 2 aromatic carbocycles. The van der Waals surface area contributed by atoms with Gasteiger partial charge in [0.15, 0.2) is 11.5 Å². The molecular formula is C23H26N2O5. The maximum atomic E-state index is 12.6. The summed E-state index contributed by atoms with van der Waals surface area (Å²) in [5.74, 6) is 0.621. The number of nitrogens with one attached hydrogen (secondary N) is 1. The zero-order chi connectivity index (χ0) is 21.7. The van der Waals surface area contributed by atoms with E-state index in [1.807, 2.05) is 36.4 Å². The van der Waals surface area contributed by atoms with Crippen LogP contribution in [-0.2, 0) is 16.1 Å². The van der Waals surface area contributed by atoms with Crippen LogP contribution in [0, 0.1) is 0 Å². The first-order chi connectivity index (χ1) is 14.5. The molecule has 158 valence electrons. The number of methoxy groups -OCH3 is 1. The van der Waals surface area contributed by atoms with Gasteiger partial charge >= 0.3 is 12.0 Å². The van der Waals surface area contributed by atoms with Crippen molar-refractivity contribution < 1.29 is 23.8 Å². The number of amides is 2. The average Bonchev–Trinajstić information content (AvgIpc) is 2.76. The van der Waals surface area contributed by atoms with Crippen molar-refractivity contribution in [3.63, 3.8) is 0 Å². The highest BCUT2D eigenvalue weighted by Crippen LogP contribution is 2.36. The molecule has 0 radical (unpaired) electrons. The van der Waals surface area contributed by atoms with E-state index in [9.17, 15) is 9.59 Å². The van der Waals surface area contributed by atoms with Crippen LogP contribution in [0.1, 0.15) is 31.0 Å². The van der Waals surface area contributed by atoms with Crippen LogP contribution in [0.2, 0.25) is 0 Å². The Bertz CT molecular complexity index is 955. The number of urea groups is 1. The first kappa shape index (κ1) is 21.2. The van der Waals surface area contributed by atoms with E-state index in [2.05, 4.69) is 5.32 Å². The first-order valence-electron chi connectivity index (χ1n) is 9.73. The van der Waals surface area contributed by atoms with Crippen molar-refractivity contribution in [3.8, 4) is 11.5 Å². The summed E-state index contributed by atoms with van der Waals surface area (Å²) in [6.45, 7) is 4.12. The molecule has 2 amide bonds. The monoisotopic (exact) mass is 410 g/mol. The quantitative estimate of drug-likeness (QED) is 0.703. The number of carbonyl (C=O) groups excluding carboxylic acids is 2. The van der Waals surface area contributed by atoms with Gasteiger partial charge in [-0.15, -0.1) is 0 Å². The first-order valence-corrected chi connectivity index (χ1v) is 9.73. The van der Waals surface area contributed by atoms with E-state index in [1.165, 1.54) is 4.90 Å². The van der Waals surface area contributed by atoms with Crippen LogP contribution in [-0.4, -0.2) is 37.7 Å². The number of hydrogen-bond acceptors (Lipinski definition) is 5. The second kappa shape index (κ2) is 9.35. The van der Waals surface area contributed by atoms with Gasteiger partial charge in [0.2, 0.25) is 0 Å². The minimum Gasteiger partial charge on any atom is -0.493 e. The second-order valence-corrected chi connectivity index (χ2v) is 6.85. The van der Waals surface area contributed by atoms with Crippen molar-refractivity contribution in [1.82, 2.24) is 10.2 Å². The van der Waals surface area contributed by atoms with Gasteiger partial charge in [-0.25, -0.2) is 9.59 Å². The molecule has 0 fully saturated rings. The molecule has 3 rings (SSSR count). The summed E-state index contributed by atoms with van der Waals surface area (Å²) in [6.07, 6.45) is 0. The summed E-state index contributed by atoms with van der Waals surface area (Å²) >= 11 is 0. The van der Waals surface area contributed by atoms with E-state index in [4.69, 9.17) is 14.2 Å². The van der Waals surface area contributed by atoms with Crippen LogP contribution in [0.4, 0.5) is 4.79 Å². The predicted molar refractivity (Wildman–Crippen MR) is 112 cm³/mol. The lowest BCUT2D eigenvalue weighted by atomic mass is 9.94. The molecule has 1 atom stereocenters. The van der Waals surface area contributed by atoms with Gasteiger partial charge in [-0.3, -0.25) is 0 Å². The Morgan fingerprint density at radius 1 is 1.13 bits per heavy atom. The number of benzene rings is 2. The Morgan fingerprint density at radius 3 is 2.53 bits per heavy atom. The molecule has 30 heavy (non-hydrogen) atoms. The molecule has 7 heteroatoms. The number of rotatable bonds is 7. The Morgan fingerprint density at radius 2 is 1.87 bits per heavy atom. The van der Waals surface area contributed by atoms with Gasteiger partial charge in [-0.1, -0.05) is 36.4 Å². The summed E-state index contributed by atoms with van der Waals surface area (Å²) in [6, 6.07) is 14.2. The van der Waals surface area contributed by atoms with E-state index in [1.54, 1.807) is 40.1 Å². The van der Waals surface area contributed by atoms with Gasteiger partial charge < -0.3 is 24.4 Å². The number of allylic oxidation sites excluding steroid dienone is 1.